The zero-order valence-corrected chi connectivity index (χ0v) is 11.0. The number of hydrogen-bond acceptors (Lipinski definition) is 2. The Hall–Kier alpha value is -1.06. The van der Waals surface area contributed by atoms with Crippen molar-refractivity contribution >= 4 is 17.1 Å². The van der Waals surface area contributed by atoms with E-state index in [4.69, 9.17) is 11.6 Å². The lowest BCUT2D eigenvalue weighted by Gasteiger charge is -2.27. The molecule has 1 saturated carbocycles. The van der Waals surface area contributed by atoms with Gasteiger partial charge in [-0.2, -0.15) is 0 Å². The van der Waals surface area contributed by atoms with E-state index in [1.54, 1.807) is 12.5 Å². The van der Waals surface area contributed by atoms with Crippen LogP contribution in [0.4, 0.5) is 0 Å². The molecule has 1 atom stereocenters. The summed E-state index contributed by atoms with van der Waals surface area (Å²) in [5, 5.41) is 11.2. The van der Waals surface area contributed by atoms with Crippen LogP contribution in [0.1, 0.15) is 43.9 Å². The number of pyridine rings is 1. The van der Waals surface area contributed by atoms with E-state index < -0.39 is 6.10 Å². The first-order valence-corrected chi connectivity index (χ1v) is 6.93. The molecule has 2 aromatic heterocycles. The van der Waals surface area contributed by atoms with Crippen molar-refractivity contribution in [1.29, 1.82) is 0 Å². The Bertz CT molecular complexity index is 546. The van der Waals surface area contributed by atoms with Crippen LogP contribution >= 0.6 is 11.6 Å². The zero-order chi connectivity index (χ0) is 12.5. The SMILES string of the molecule is O[C@H](c1cc(Cl)cc2cncn12)C1CCCCC1. The number of imidazole rings is 1. The van der Waals surface area contributed by atoms with Gasteiger partial charge in [0, 0.05) is 5.02 Å². The number of halogens is 1. The zero-order valence-electron chi connectivity index (χ0n) is 10.2. The summed E-state index contributed by atoms with van der Waals surface area (Å²) in [6, 6.07) is 3.72. The molecule has 0 aromatic carbocycles. The largest absolute Gasteiger partial charge is 0.387 e. The highest BCUT2D eigenvalue weighted by atomic mass is 35.5. The summed E-state index contributed by atoms with van der Waals surface area (Å²) in [6.45, 7) is 0. The normalized spacial score (nSPS) is 19.2. The van der Waals surface area contributed by atoms with Crippen LogP contribution in [0.3, 0.4) is 0 Å². The van der Waals surface area contributed by atoms with Crippen molar-refractivity contribution in [1.82, 2.24) is 9.38 Å². The van der Waals surface area contributed by atoms with Crippen molar-refractivity contribution in [3.8, 4) is 0 Å². The minimum Gasteiger partial charge on any atom is -0.387 e. The van der Waals surface area contributed by atoms with Crippen LogP contribution < -0.4 is 0 Å². The molecule has 0 spiro atoms. The maximum atomic E-state index is 10.6. The summed E-state index contributed by atoms with van der Waals surface area (Å²) in [7, 11) is 0. The third-order valence-corrected chi connectivity index (χ3v) is 4.13. The maximum absolute atomic E-state index is 10.6. The first kappa shape index (κ1) is 12.0. The first-order valence-electron chi connectivity index (χ1n) is 6.55. The lowest BCUT2D eigenvalue weighted by molar-refractivity contribution is 0.0801. The molecule has 2 aromatic rings. The van der Waals surface area contributed by atoms with E-state index in [-0.39, 0.29) is 0 Å². The highest BCUT2D eigenvalue weighted by Gasteiger charge is 2.25. The van der Waals surface area contributed by atoms with Crippen molar-refractivity contribution in [3.63, 3.8) is 0 Å². The van der Waals surface area contributed by atoms with Gasteiger partial charge in [-0.1, -0.05) is 30.9 Å². The highest BCUT2D eigenvalue weighted by molar-refractivity contribution is 6.31. The molecule has 1 N–H and O–H groups in total. The standard InChI is InChI=1S/C14H17ClN2O/c15-11-6-12-8-16-9-17(12)13(7-11)14(18)10-4-2-1-3-5-10/h6-10,14,18H,1-5H2/t14-/m0/s1. The second-order valence-electron chi connectivity index (χ2n) is 5.13. The van der Waals surface area contributed by atoms with Crippen LogP contribution in [0.25, 0.3) is 5.52 Å². The van der Waals surface area contributed by atoms with Crippen molar-refractivity contribution in [2.75, 3.05) is 0 Å². The molecule has 0 bridgehead atoms. The van der Waals surface area contributed by atoms with Crippen LogP contribution in [0.15, 0.2) is 24.7 Å². The fourth-order valence-electron chi connectivity index (χ4n) is 2.94. The van der Waals surface area contributed by atoms with Crippen molar-refractivity contribution in [2.24, 2.45) is 5.92 Å². The van der Waals surface area contributed by atoms with Gasteiger partial charge in [-0.25, -0.2) is 4.98 Å². The van der Waals surface area contributed by atoms with Gasteiger partial charge in [0.2, 0.25) is 0 Å². The fourth-order valence-corrected chi connectivity index (χ4v) is 3.16. The van der Waals surface area contributed by atoms with Gasteiger partial charge in [-0.15, -0.1) is 0 Å². The molecule has 3 rings (SSSR count). The number of rotatable bonds is 2. The molecule has 0 saturated heterocycles. The molecule has 1 aliphatic carbocycles. The topological polar surface area (TPSA) is 37.5 Å². The van der Waals surface area contributed by atoms with E-state index in [2.05, 4.69) is 4.98 Å². The summed E-state index contributed by atoms with van der Waals surface area (Å²) in [5.41, 5.74) is 1.80. The fraction of sp³-hybridized carbons (Fsp3) is 0.500. The van der Waals surface area contributed by atoms with Gasteiger partial charge >= 0.3 is 0 Å². The number of fused-ring (bicyclic) bond motifs is 1. The van der Waals surface area contributed by atoms with Crippen molar-refractivity contribution in [3.05, 3.63) is 35.4 Å². The monoisotopic (exact) mass is 264 g/mol. The van der Waals surface area contributed by atoms with Gasteiger partial charge in [0.05, 0.1) is 29.8 Å². The Kier molecular flexibility index (Phi) is 3.27. The van der Waals surface area contributed by atoms with E-state index in [0.717, 1.165) is 24.1 Å². The first-order chi connectivity index (χ1) is 8.75. The molecule has 96 valence electrons. The van der Waals surface area contributed by atoms with Gasteiger partial charge in [-0.3, -0.25) is 0 Å². The van der Waals surface area contributed by atoms with Crippen LogP contribution in [-0.4, -0.2) is 14.5 Å². The molecule has 0 radical (unpaired) electrons. The van der Waals surface area contributed by atoms with Crippen LogP contribution in [0, 0.1) is 5.92 Å². The van der Waals surface area contributed by atoms with E-state index in [9.17, 15) is 5.11 Å². The summed E-state index contributed by atoms with van der Waals surface area (Å²) in [5.74, 6) is 0.350. The van der Waals surface area contributed by atoms with Gasteiger partial charge in [0.15, 0.2) is 0 Å². The number of hydrogen-bond donors (Lipinski definition) is 1. The third kappa shape index (κ3) is 2.13. The lowest BCUT2D eigenvalue weighted by atomic mass is 9.84. The Balaban J connectivity index is 1.99. The molecule has 4 heteroatoms. The Labute approximate surface area is 111 Å². The average molecular weight is 265 g/mol. The third-order valence-electron chi connectivity index (χ3n) is 3.92. The molecule has 2 heterocycles. The van der Waals surface area contributed by atoms with E-state index in [1.807, 2.05) is 16.5 Å². The van der Waals surface area contributed by atoms with Gasteiger partial charge < -0.3 is 9.51 Å². The Morgan fingerprint density at radius 1 is 1.28 bits per heavy atom. The number of aromatic nitrogens is 2. The maximum Gasteiger partial charge on any atom is 0.0995 e. The molecular weight excluding hydrogens is 248 g/mol. The molecule has 0 unspecified atom stereocenters. The minimum absolute atomic E-state index is 0.350. The molecule has 18 heavy (non-hydrogen) atoms. The number of aliphatic hydroxyl groups excluding tert-OH is 1. The predicted octanol–water partition coefficient (Wildman–Crippen LogP) is 3.60. The quantitative estimate of drug-likeness (QED) is 0.900. The average Bonchev–Trinajstić information content (AvgIpc) is 2.86. The highest BCUT2D eigenvalue weighted by Crippen LogP contribution is 2.35. The Morgan fingerprint density at radius 3 is 2.83 bits per heavy atom. The summed E-state index contributed by atoms with van der Waals surface area (Å²) in [4.78, 5) is 4.12. The Morgan fingerprint density at radius 2 is 2.06 bits per heavy atom. The molecule has 3 nitrogen and oxygen atoms in total. The molecule has 1 aliphatic rings. The second-order valence-corrected chi connectivity index (χ2v) is 5.57. The molecule has 0 aliphatic heterocycles. The summed E-state index contributed by atoms with van der Waals surface area (Å²) < 4.78 is 1.94. The molecule has 1 fully saturated rings. The number of nitrogens with zero attached hydrogens (tertiary/aromatic N) is 2. The van der Waals surface area contributed by atoms with Gasteiger partial charge in [0.1, 0.15) is 0 Å². The molecular formula is C14H17ClN2O. The number of aliphatic hydroxyl groups is 1. The second kappa shape index (κ2) is 4.90. The van der Waals surface area contributed by atoms with Crippen LogP contribution in [-0.2, 0) is 0 Å². The lowest BCUT2D eigenvalue weighted by Crippen LogP contribution is -2.18. The minimum atomic E-state index is -0.444. The van der Waals surface area contributed by atoms with Crippen molar-refractivity contribution < 1.29 is 5.11 Å². The molecule has 0 amide bonds. The van der Waals surface area contributed by atoms with E-state index in [1.165, 1.54) is 19.3 Å². The summed E-state index contributed by atoms with van der Waals surface area (Å²) >= 11 is 6.11. The van der Waals surface area contributed by atoms with E-state index in [0.29, 0.717) is 10.9 Å². The van der Waals surface area contributed by atoms with Crippen molar-refractivity contribution in [2.45, 2.75) is 38.2 Å². The summed E-state index contributed by atoms with van der Waals surface area (Å²) in [6.07, 6.45) is 8.99. The predicted molar refractivity (Wildman–Crippen MR) is 71.7 cm³/mol. The smallest absolute Gasteiger partial charge is 0.0995 e. The van der Waals surface area contributed by atoms with E-state index >= 15 is 0 Å². The van der Waals surface area contributed by atoms with Gasteiger partial charge in [-0.05, 0) is 30.9 Å². The van der Waals surface area contributed by atoms with Crippen LogP contribution in [0.2, 0.25) is 5.02 Å². The van der Waals surface area contributed by atoms with Gasteiger partial charge in [0.25, 0.3) is 0 Å². The van der Waals surface area contributed by atoms with Crippen LogP contribution in [0.5, 0.6) is 0 Å².